The number of nitrogens with zero attached hydrogens (tertiary/aromatic N) is 2. The molecule has 0 bridgehead atoms. The summed E-state index contributed by atoms with van der Waals surface area (Å²) >= 11 is 1.37. The SMILES string of the molecule is CC(C)c1nnc(C(C)(C)C(=O)O)s1. The molecule has 0 atom stereocenters. The van der Waals surface area contributed by atoms with Gasteiger partial charge in [0, 0.05) is 5.92 Å². The maximum atomic E-state index is 10.9. The van der Waals surface area contributed by atoms with E-state index in [9.17, 15) is 4.79 Å². The van der Waals surface area contributed by atoms with Gasteiger partial charge in [-0.1, -0.05) is 13.8 Å². The summed E-state index contributed by atoms with van der Waals surface area (Å²) in [5, 5.41) is 18.3. The number of rotatable bonds is 3. The first-order valence-corrected chi connectivity index (χ1v) is 5.24. The van der Waals surface area contributed by atoms with Gasteiger partial charge in [-0.15, -0.1) is 21.5 Å². The van der Waals surface area contributed by atoms with Gasteiger partial charge < -0.3 is 5.11 Å². The van der Waals surface area contributed by atoms with Gasteiger partial charge in [-0.3, -0.25) is 4.79 Å². The third kappa shape index (κ3) is 1.92. The van der Waals surface area contributed by atoms with Gasteiger partial charge in [-0.05, 0) is 13.8 Å². The van der Waals surface area contributed by atoms with Crippen molar-refractivity contribution < 1.29 is 9.90 Å². The van der Waals surface area contributed by atoms with Gasteiger partial charge in [0.05, 0.1) is 0 Å². The zero-order valence-electron chi connectivity index (χ0n) is 8.74. The van der Waals surface area contributed by atoms with Crippen molar-refractivity contribution in [2.75, 3.05) is 0 Å². The number of carboxylic acids is 1. The highest BCUT2D eigenvalue weighted by Crippen LogP contribution is 2.29. The molecule has 1 aromatic heterocycles. The van der Waals surface area contributed by atoms with Gasteiger partial charge in [-0.25, -0.2) is 0 Å². The van der Waals surface area contributed by atoms with E-state index < -0.39 is 11.4 Å². The molecule has 1 heterocycles. The van der Waals surface area contributed by atoms with Crippen LogP contribution in [0.1, 0.15) is 43.6 Å². The standard InChI is InChI=1S/C9H14N2O2S/c1-5(2)6-10-11-7(14-6)9(3,4)8(12)13/h5H,1-4H3,(H,12,13). The Kier molecular flexibility index (Phi) is 2.89. The second kappa shape index (κ2) is 3.65. The molecule has 0 spiro atoms. The fraction of sp³-hybridized carbons (Fsp3) is 0.667. The van der Waals surface area contributed by atoms with Gasteiger partial charge in [0.25, 0.3) is 0 Å². The summed E-state index contributed by atoms with van der Waals surface area (Å²) in [4.78, 5) is 10.9. The topological polar surface area (TPSA) is 63.1 Å². The third-order valence-electron chi connectivity index (χ3n) is 2.00. The predicted molar refractivity (Wildman–Crippen MR) is 54.7 cm³/mol. The molecule has 0 radical (unpaired) electrons. The highest BCUT2D eigenvalue weighted by atomic mass is 32.1. The summed E-state index contributed by atoms with van der Waals surface area (Å²) in [6.07, 6.45) is 0. The smallest absolute Gasteiger partial charge is 0.316 e. The Balaban J connectivity index is 3.03. The van der Waals surface area contributed by atoms with E-state index in [-0.39, 0.29) is 0 Å². The molecule has 0 aliphatic heterocycles. The molecule has 0 unspecified atom stereocenters. The number of aliphatic carboxylic acids is 1. The number of carbonyl (C=O) groups is 1. The number of carboxylic acid groups (broad SMARTS) is 1. The molecule has 0 amide bonds. The molecular weight excluding hydrogens is 200 g/mol. The van der Waals surface area contributed by atoms with Gasteiger partial charge in [0.2, 0.25) is 0 Å². The summed E-state index contributed by atoms with van der Waals surface area (Å²) in [6, 6.07) is 0. The summed E-state index contributed by atoms with van der Waals surface area (Å²) in [5.74, 6) is -0.574. The minimum Gasteiger partial charge on any atom is -0.481 e. The van der Waals surface area contributed by atoms with E-state index in [1.165, 1.54) is 11.3 Å². The van der Waals surface area contributed by atoms with Crippen molar-refractivity contribution in [2.24, 2.45) is 0 Å². The van der Waals surface area contributed by atoms with Crippen LogP contribution < -0.4 is 0 Å². The first-order chi connectivity index (χ1) is 6.35. The van der Waals surface area contributed by atoms with Crippen molar-refractivity contribution in [3.05, 3.63) is 10.0 Å². The third-order valence-corrected chi connectivity index (χ3v) is 3.55. The average Bonchev–Trinajstić information content (AvgIpc) is 2.51. The molecule has 14 heavy (non-hydrogen) atoms. The largest absolute Gasteiger partial charge is 0.481 e. The second-order valence-corrected chi connectivity index (χ2v) is 5.04. The molecular formula is C9H14N2O2S. The number of hydrogen-bond acceptors (Lipinski definition) is 4. The summed E-state index contributed by atoms with van der Waals surface area (Å²) in [6.45, 7) is 7.30. The van der Waals surface area contributed by atoms with E-state index in [2.05, 4.69) is 10.2 Å². The van der Waals surface area contributed by atoms with Crippen molar-refractivity contribution in [3.8, 4) is 0 Å². The summed E-state index contributed by atoms with van der Waals surface area (Å²) < 4.78 is 0. The van der Waals surface area contributed by atoms with Crippen LogP contribution in [0, 0.1) is 0 Å². The molecule has 0 fully saturated rings. The lowest BCUT2D eigenvalue weighted by Crippen LogP contribution is -2.28. The van der Waals surface area contributed by atoms with Crippen molar-refractivity contribution in [2.45, 2.75) is 39.0 Å². The monoisotopic (exact) mass is 214 g/mol. The molecule has 0 aromatic carbocycles. The Labute approximate surface area is 87.0 Å². The van der Waals surface area contributed by atoms with Gasteiger partial charge >= 0.3 is 5.97 Å². The first-order valence-electron chi connectivity index (χ1n) is 4.43. The Hall–Kier alpha value is -0.970. The lowest BCUT2D eigenvalue weighted by molar-refractivity contribution is -0.142. The fourth-order valence-corrected chi connectivity index (χ4v) is 1.75. The van der Waals surface area contributed by atoms with Crippen LogP contribution in [-0.2, 0) is 10.2 Å². The van der Waals surface area contributed by atoms with Crippen LogP contribution in [0.4, 0.5) is 0 Å². The van der Waals surface area contributed by atoms with Crippen LogP contribution in [-0.4, -0.2) is 21.3 Å². The van der Waals surface area contributed by atoms with Crippen molar-refractivity contribution in [3.63, 3.8) is 0 Å². The fourth-order valence-electron chi connectivity index (χ4n) is 0.812. The van der Waals surface area contributed by atoms with Crippen LogP contribution >= 0.6 is 11.3 Å². The summed E-state index contributed by atoms with van der Waals surface area (Å²) in [5.41, 5.74) is -0.940. The van der Waals surface area contributed by atoms with E-state index in [4.69, 9.17) is 5.11 Å². The number of hydrogen-bond donors (Lipinski definition) is 1. The Morgan fingerprint density at radius 1 is 1.43 bits per heavy atom. The lowest BCUT2D eigenvalue weighted by Gasteiger charge is -2.14. The van der Waals surface area contributed by atoms with E-state index in [1.807, 2.05) is 13.8 Å². The van der Waals surface area contributed by atoms with Crippen LogP contribution in [0.2, 0.25) is 0 Å². The van der Waals surface area contributed by atoms with Crippen molar-refractivity contribution in [1.82, 2.24) is 10.2 Å². The summed E-state index contributed by atoms with van der Waals surface area (Å²) in [7, 11) is 0. The van der Waals surface area contributed by atoms with Gasteiger partial charge in [-0.2, -0.15) is 0 Å². The minimum absolute atomic E-state index is 0.297. The quantitative estimate of drug-likeness (QED) is 0.836. The lowest BCUT2D eigenvalue weighted by atomic mass is 9.95. The van der Waals surface area contributed by atoms with Gasteiger partial charge in [0.15, 0.2) is 0 Å². The van der Waals surface area contributed by atoms with E-state index in [0.29, 0.717) is 10.9 Å². The predicted octanol–water partition coefficient (Wildman–Crippen LogP) is 2.02. The molecule has 1 N–H and O–H groups in total. The van der Waals surface area contributed by atoms with E-state index >= 15 is 0 Å². The molecule has 0 saturated heterocycles. The molecule has 4 nitrogen and oxygen atoms in total. The molecule has 1 aromatic rings. The molecule has 78 valence electrons. The normalized spacial score (nSPS) is 12.1. The van der Waals surface area contributed by atoms with Crippen LogP contribution in [0.15, 0.2) is 0 Å². The highest BCUT2D eigenvalue weighted by molar-refractivity contribution is 7.11. The number of aromatic nitrogens is 2. The first kappa shape index (κ1) is 11.1. The van der Waals surface area contributed by atoms with E-state index in [0.717, 1.165) is 5.01 Å². The maximum absolute atomic E-state index is 10.9. The molecule has 0 saturated carbocycles. The highest BCUT2D eigenvalue weighted by Gasteiger charge is 2.33. The Morgan fingerprint density at radius 2 is 2.00 bits per heavy atom. The average molecular weight is 214 g/mol. The minimum atomic E-state index is -0.940. The Bertz CT molecular complexity index is 344. The van der Waals surface area contributed by atoms with Crippen LogP contribution in [0.25, 0.3) is 0 Å². The zero-order chi connectivity index (χ0) is 10.9. The Morgan fingerprint density at radius 3 is 2.36 bits per heavy atom. The zero-order valence-corrected chi connectivity index (χ0v) is 9.55. The van der Waals surface area contributed by atoms with Crippen LogP contribution in [0.5, 0.6) is 0 Å². The van der Waals surface area contributed by atoms with Crippen molar-refractivity contribution in [1.29, 1.82) is 0 Å². The maximum Gasteiger partial charge on any atom is 0.316 e. The van der Waals surface area contributed by atoms with E-state index in [1.54, 1.807) is 13.8 Å². The second-order valence-electron chi connectivity index (χ2n) is 4.03. The molecule has 5 heteroatoms. The molecule has 0 aliphatic carbocycles. The van der Waals surface area contributed by atoms with Gasteiger partial charge in [0.1, 0.15) is 15.4 Å². The van der Waals surface area contributed by atoms with Crippen molar-refractivity contribution >= 4 is 17.3 Å². The molecule has 1 rings (SSSR count). The molecule has 0 aliphatic rings. The van der Waals surface area contributed by atoms with Crippen LogP contribution in [0.3, 0.4) is 0 Å².